The smallest absolute Gasteiger partial charge is 0.252 e. The maximum Gasteiger partial charge on any atom is 0.252 e. The van der Waals surface area contributed by atoms with Crippen LogP contribution in [0.5, 0.6) is 0 Å². The summed E-state index contributed by atoms with van der Waals surface area (Å²) in [6, 6.07) is 3.74. The van der Waals surface area contributed by atoms with E-state index in [1.807, 2.05) is 4.90 Å². The zero-order valence-electron chi connectivity index (χ0n) is 12.0. The van der Waals surface area contributed by atoms with Crippen molar-refractivity contribution in [1.82, 2.24) is 14.5 Å². The normalized spacial score (nSPS) is 21.0. The molecule has 9 heteroatoms. The van der Waals surface area contributed by atoms with Gasteiger partial charge in [0.2, 0.25) is 5.91 Å². The summed E-state index contributed by atoms with van der Waals surface area (Å²) in [4.78, 5) is 13.8. The number of thiophene rings is 1. The molecule has 122 valence electrons. The van der Waals surface area contributed by atoms with Crippen molar-refractivity contribution < 1.29 is 13.2 Å². The van der Waals surface area contributed by atoms with Gasteiger partial charge in [0, 0.05) is 32.2 Å². The van der Waals surface area contributed by atoms with Crippen LogP contribution in [0.3, 0.4) is 0 Å². The predicted octanol–water partition coefficient (Wildman–Crippen LogP) is 1.10. The van der Waals surface area contributed by atoms with E-state index in [2.05, 4.69) is 21.2 Å². The quantitative estimate of drug-likeness (QED) is 0.792. The molecule has 22 heavy (non-hydrogen) atoms. The van der Waals surface area contributed by atoms with Crippen LogP contribution >= 0.6 is 27.3 Å². The van der Waals surface area contributed by atoms with Gasteiger partial charge in [-0.25, -0.2) is 8.42 Å². The largest absolute Gasteiger partial charge is 0.352 e. The highest BCUT2D eigenvalue weighted by Crippen LogP contribution is 2.28. The average Bonchev–Trinajstić information content (AvgIpc) is 3.16. The highest BCUT2D eigenvalue weighted by atomic mass is 79.9. The SMILES string of the molecule is O=C(CN1CCN(S(=O)(=O)c2ccc(Br)s2)CC1)NC1CC1. The van der Waals surface area contributed by atoms with E-state index in [0.29, 0.717) is 43.0 Å². The maximum absolute atomic E-state index is 12.5. The molecule has 1 saturated heterocycles. The number of halogens is 1. The molecule has 1 saturated carbocycles. The molecule has 0 bridgehead atoms. The first-order valence-corrected chi connectivity index (χ1v) is 10.3. The topological polar surface area (TPSA) is 69.7 Å². The van der Waals surface area contributed by atoms with Crippen molar-refractivity contribution in [2.24, 2.45) is 0 Å². The van der Waals surface area contributed by atoms with Crippen molar-refractivity contribution in [3.8, 4) is 0 Å². The van der Waals surface area contributed by atoms with E-state index in [1.165, 1.54) is 15.6 Å². The average molecular weight is 408 g/mol. The van der Waals surface area contributed by atoms with Gasteiger partial charge in [0.25, 0.3) is 10.0 Å². The van der Waals surface area contributed by atoms with Crippen molar-refractivity contribution >= 4 is 43.2 Å². The number of rotatable bonds is 5. The lowest BCUT2D eigenvalue weighted by atomic mass is 10.3. The van der Waals surface area contributed by atoms with E-state index in [9.17, 15) is 13.2 Å². The standard InChI is InChI=1S/C13H18BrN3O3S2/c14-11-3-4-13(21-11)22(19,20)17-7-5-16(6-8-17)9-12(18)15-10-1-2-10/h3-4,10H,1-2,5-9H2,(H,15,18). The molecule has 6 nitrogen and oxygen atoms in total. The molecular formula is C13H18BrN3O3S2. The number of piperazine rings is 1. The molecule has 2 heterocycles. The van der Waals surface area contributed by atoms with Gasteiger partial charge in [0.15, 0.2) is 0 Å². The van der Waals surface area contributed by atoms with Gasteiger partial charge in [0.1, 0.15) is 4.21 Å². The Bertz CT molecular complexity index is 649. The number of carbonyl (C=O) groups is 1. The molecule has 0 aromatic carbocycles. The lowest BCUT2D eigenvalue weighted by Gasteiger charge is -2.33. The Balaban J connectivity index is 1.53. The lowest BCUT2D eigenvalue weighted by molar-refractivity contribution is -0.122. The molecular weight excluding hydrogens is 390 g/mol. The molecule has 1 aliphatic heterocycles. The minimum absolute atomic E-state index is 0.0426. The molecule has 2 aliphatic rings. The summed E-state index contributed by atoms with van der Waals surface area (Å²) < 4.78 is 27.7. The number of hydrogen-bond acceptors (Lipinski definition) is 5. The van der Waals surface area contributed by atoms with E-state index >= 15 is 0 Å². The van der Waals surface area contributed by atoms with Gasteiger partial charge in [-0.15, -0.1) is 11.3 Å². The summed E-state index contributed by atoms with van der Waals surface area (Å²) in [5.74, 6) is 0.0426. The summed E-state index contributed by atoms with van der Waals surface area (Å²) in [6.07, 6.45) is 2.16. The van der Waals surface area contributed by atoms with E-state index in [0.717, 1.165) is 16.6 Å². The predicted molar refractivity (Wildman–Crippen MR) is 88.4 cm³/mol. The molecule has 0 spiro atoms. The van der Waals surface area contributed by atoms with Crippen LogP contribution in [0.1, 0.15) is 12.8 Å². The molecule has 1 aromatic heterocycles. The minimum atomic E-state index is -3.41. The van der Waals surface area contributed by atoms with E-state index < -0.39 is 10.0 Å². The zero-order chi connectivity index (χ0) is 15.7. The second kappa shape index (κ2) is 6.56. The van der Waals surface area contributed by atoms with Crippen LogP contribution in [0.4, 0.5) is 0 Å². The fourth-order valence-corrected chi connectivity index (χ4v) is 5.98. The fourth-order valence-electron chi connectivity index (χ4n) is 2.40. The van der Waals surface area contributed by atoms with Gasteiger partial charge in [-0.3, -0.25) is 9.69 Å². The van der Waals surface area contributed by atoms with Crippen molar-refractivity contribution in [2.75, 3.05) is 32.7 Å². The summed E-state index contributed by atoms with van der Waals surface area (Å²) >= 11 is 4.52. The monoisotopic (exact) mass is 407 g/mol. The molecule has 2 fully saturated rings. The Hall–Kier alpha value is -0.480. The molecule has 0 unspecified atom stereocenters. The number of nitrogens with one attached hydrogen (secondary N) is 1. The Kier molecular flexibility index (Phi) is 4.89. The second-order valence-corrected chi connectivity index (χ2v) is 10.2. The lowest BCUT2D eigenvalue weighted by Crippen LogP contribution is -2.51. The third-order valence-corrected chi connectivity index (χ3v) is 7.77. The number of amides is 1. The number of hydrogen-bond donors (Lipinski definition) is 1. The van der Waals surface area contributed by atoms with Crippen LogP contribution in [-0.2, 0) is 14.8 Å². The van der Waals surface area contributed by atoms with Gasteiger partial charge in [-0.05, 0) is 40.9 Å². The van der Waals surface area contributed by atoms with E-state index in [-0.39, 0.29) is 5.91 Å². The number of sulfonamides is 1. The molecule has 1 aliphatic carbocycles. The van der Waals surface area contributed by atoms with Crippen LogP contribution in [0.15, 0.2) is 20.1 Å². The Morgan fingerprint density at radius 1 is 1.27 bits per heavy atom. The van der Waals surface area contributed by atoms with Crippen molar-refractivity contribution in [1.29, 1.82) is 0 Å². The highest BCUT2D eigenvalue weighted by molar-refractivity contribution is 9.11. The molecule has 3 rings (SSSR count). The third kappa shape index (κ3) is 3.88. The van der Waals surface area contributed by atoms with E-state index in [4.69, 9.17) is 0 Å². The van der Waals surface area contributed by atoms with Crippen LogP contribution in [0.2, 0.25) is 0 Å². The van der Waals surface area contributed by atoms with Crippen molar-refractivity contribution in [3.63, 3.8) is 0 Å². The summed E-state index contributed by atoms with van der Waals surface area (Å²) in [6.45, 7) is 2.38. The van der Waals surface area contributed by atoms with Crippen molar-refractivity contribution in [3.05, 3.63) is 15.9 Å². The van der Waals surface area contributed by atoms with E-state index in [1.54, 1.807) is 12.1 Å². The molecule has 1 N–H and O–H groups in total. The fraction of sp³-hybridized carbons (Fsp3) is 0.615. The third-order valence-electron chi connectivity index (χ3n) is 3.78. The first kappa shape index (κ1) is 16.4. The minimum Gasteiger partial charge on any atom is -0.352 e. The van der Waals surface area contributed by atoms with Crippen LogP contribution in [-0.4, -0.2) is 62.3 Å². The summed E-state index contributed by atoms with van der Waals surface area (Å²) in [7, 11) is -3.41. The molecule has 0 atom stereocenters. The summed E-state index contributed by atoms with van der Waals surface area (Å²) in [5.41, 5.74) is 0. The second-order valence-electron chi connectivity index (χ2n) is 5.58. The molecule has 1 amide bonds. The van der Waals surface area contributed by atoms with Gasteiger partial charge in [-0.1, -0.05) is 0 Å². The number of nitrogens with zero attached hydrogens (tertiary/aromatic N) is 2. The van der Waals surface area contributed by atoms with Gasteiger partial charge in [0.05, 0.1) is 10.3 Å². The van der Waals surface area contributed by atoms with Crippen molar-refractivity contribution in [2.45, 2.75) is 23.1 Å². The Morgan fingerprint density at radius 3 is 2.50 bits per heavy atom. The highest BCUT2D eigenvalue weighted by Gasteiger charge is 2.30. The van der Waals surface area contributed by atoms with Gasteiger partial charge < -0.3 is 5.32 Å². The summed E-state index contributed by atoms with van der Waals surface area (Å²) in [5, 5.41) is 2.96. The Labute approximate surface area is 142 Å². The molecule has 1 aromatic rings. The van der Waals surface area contributed by atoms with Crippen LogP contribution < -0.4 is 5.32 Å². The van der Waals surface area contributed by atoms with Gasteiger partial charge in [-0.2, -0.15) is 4.31 Å². The maximum atomic E-state index is 12.5. The molecule has 0 radical (unpaired) electrons. The van der Waals surface area contributed by atoms with Crippen LogP contribution in [0.25, 0.3) is 0 Å². The first-order valence-electron chi connectivity index (χ1n) is 7.22. The Morgan fingerprint density at radius 2 is 1.95 bits per heavy atom. The first-order chi connectivity index (χ1) is 10.4. The van der Waals surface area contributed by atoms with Crippen LogP contribution in [0, 0.1) is 0 Å². The van der Waals surface area contributed by atoms with Gasteiger partial charge >= 0.3 is 0 Å². The number of carbonyl (C=O) groups excluding carboxylic acids is 1. The zero-order valence-corrected chi connectivity index (χ0v) is 15.2.